The smallest absolute Gasteiger partial charge is 0.178 e. The Bertz CT molecular complexity index is 1190. The van der Waals surface area contributed by atoms with Gasteiger partial charge in [-0.2, -0.15) is 0 Å². The molecule has 0 aliphatic carbocycles. The Morgan fingerprint density at radius 2 is 0.694 bits per heavy atom. The van der Waals surface area contributed by atoms with Gasteiger partial charge < -0.3 is 0 Å². The van der Waals surface area contributed by atoms with Crippen LogP contribution in [0.1, 0.15) is 65.2 Å². The third kappa shape index (κ3) is 7.78. The molecule has 3 aromatic carbocycles. The summed E-state index contributed by atoms with van der Waals surface area (Å²) in [7, 11) is -6.50. The highest BCUT2D eigenvalue weighted by molar-refractivity contribution is 7.91. The second-order valence-electron chi connectivity index (χ2n) is 9.39. The highest BCUT2D eigenvalue weighted by atomic mass is 32.2. The molecule has 0 saturated carbocycles. The lowest BCUT2D eigenvalue weighted by Crippen LogP contribution is -2.06. The molecule has 0 aliphatic rings. The highest BCUT2D eigenvalue weighted by Crippen LogP contribution is 2.27. The molecule has 0 radical (unpaired) electrons. The van der Waals surface area contributed by atoms with Gasteiger partial charge in [-0.25, -0.2) is 16.8 Å². The molecule has 0 saturated heterocycles. The molecule has 194 valence electrons. The topological polar surface area (TPSA) is 68.3 Å². The lowest BCUT2D eigenvalue weighted by Gasteiger charge is -2.09. The van der Waals surface area contributed by atoms with Crippen molar-refractivity contribution in [2.75, 3.05) is 11.5 Å². The lowest BCUT2D eigenvalue weighted by molar-refractivity contribution is 0.587. The zero-order valence-corrected chi connectivity index (χ0v) is 23.1. The number of hydrogen-bond acceptors (Lipinski definition) is 4. The first kappa shape index (κ1) is 28.1. The van der Waals surface area contributed by atoms with E-state index in [1.54, 1.807) is 24.3 Å². The van der Waals surface area contributed by atoms with Gasteiger partial charge in [-0.3, -0.25) is 0 Å². The Morgan fingerprint density at radius 1 is 0.417 bits per heavy atom. The van der Waals surface area contributed by atoms with Gasteiger partial charge in [-0.05, 0) is 59.4 Å². The van der Waals surface area contributed by atoms with Crippen molar-refractivity contribution in [1.29, 1.82) is 0 Å². The minimum Gasteiger partial charge on any atom is -0.224 e. The van der Waals surface area contributed by atoms with Gasteiger partial charge in [0.2, 0.25) is 0 Å². The van der Waals surface area contributed by atoms with E-state index in [0.29, 0.717) is 22.6 Å². The quantitative estimate of drug-likeness (QED) is 0.202. The average molecular weight is 527 g/mol. The van der Waals surface area contributed by atoms with Gasteiger partial charge in [0.1, 0.15) is 0 Å². The van der Waals surface area contributed by atoms with Crippen LogP contribution in [0, 0.1) is 0 Å². The summed E-state index contributed by atoms with van der Waals surface area (Å²) >= 11 is 0. The van der Waals surface area contributed by atoms with E-state index in [-0.39, 0.29) is 11.5 Å². The Balaban J connectivity index is 1.65. The van der Waals surface area contributed by atoms with Crippen molar-refractivity contribution >= 4 is 19.7 Å². The molecule has 36 heavy (non-hydrogen) atoms. The molecular weight excluding hydrogens is 488 g/mol. The van der Waals surface area contributed by atoms with Crippen LogP contribution in [-0.4, -0.2) is 28.3 Å². The molecular formula is C30H38O4S2. The zero-order chi connectivity index (χ0) is 26.0. The predicted octanol–water partition coefficient (Wildman–Crippen LogP) is 7.73. The summed E-state index contributed by atoms with van der Waals surface area (Å²) < 4.78 is 50.3. The van der Waals surface area contributed by atoms with Gasteiger partial charge in [0.05, 0.1) is 21.3 Å². The maximum absolute atomic E-state index is 12.6. The summed E-state index contributed by atoms with van der Waals surface area (Å²) in [6.07, 6.45) is 7.57. The number of hydrogen-bond donors (Lipinski definition) is 0. The SMILES string of the molecule is CCCCCCS(=O)(=O)c1ccc(-c2ccc(-c3ccc(S(=O)(=O)CCCCCC)cc3)cc2)cc1. The summed E-state index contributed by atoms with van der Waals surface area (Å²) in [5.41, 5.74) is 3.90. The van der Waals surface area contributed by atoms with Crippen molar-refractivity contribution < 1.29 is 16.8 Å². The first-order valence-corrected chi connectivity index (χ1v) is 16.3. The minimum absolute atomic E-state index is 0.194. The van der Waals surface area contributed by atoms with E-state index in [1.807, 2.05) is 48.5 Å². The third-order valence-electron chi connectivity index (χ3n) is 6.51. The molecule has 0 bridgehead atoms. The summed E-state index contributed by atoms with van der Waals surface area (Å²) in [5, 5.41) is 0. The Kier molecular flexibility index (Phi) is 10.3. The lowest BCUT2D eigenvalue weighted by atomic mass is 10.0. The third-order valence-corrected chi connectivity index (χ3v) is 10.1. The number of benzene rings is 3. The van der Waals surface area contributed by atoms with Gasteiger partial charge in [0.25, 0.3) is 0 Å². The largest absolute Gasteiger partial charge is 0.224 e. The predicted molar refractivity (Wildman–Crippen MR) is 150 cm³/mol. The van der Waals surface area contributed by atoms with E-state index in [0.717, 1.165) is 60.8 Å². The fourth-order valence-corrected chi connectivity index (χ4v) is 6.98. The monoisotopic (exact) mass is 526 g/mol. The van der Waals surface area contributed by atoms with Crippen LogP contribution in [-0.2, 0) is 19.7 Å². The van der Waals surface area contributed by atoms with Crippen LogP contribution in [0.4, 0.5) is 0 Å². The Labute approximate surface area is 217 Å². The fourth-order valence-electron chi connectivity index (χ4n) is 4.24. The summed E-state index contributed by atoms with van der Waals surface area (Å²) in [6, 6.07) is 22.2. The Morgan fingerprint density at radius 3 is 0.972 bits per heavy atom. The second kappa shape index (κ2) is 13.2. The summed E-state index contributed by atoms with van der Waals surface area (Å²) in [4.78, 5) is 0.750. The first-order valence-electron chi connectivity index (χ1n) is 13.0. The van der Waals surface area contributed by atoms with Crippen LogP contribution >= 0.6 is 0 Å². The highest BCUT2D eigenvalue weighted by Gasteiger charge is 2.15. The standard InChI is InChI=1S/C30H38O4S2/c1-3-5-7-9-23-35(31,32)29-19-15-27(16-20-29)25-11-13-26(14-12-25)28-17-21-30(22-18-28)36(33,34)24-10-8-6-4-2/h11-22H,3-10,23-24H2,1-2H3. The van der Waals surface area contributed by atoms with Gasteiger partial charge in [-0.1, -0.05) is 101 Å². The number of unbranched alkanes of at least 4 members (excludes halogenated alkanes) is 6. The van der Waals surface area contributed by atoms with Crippen molar-refractivity contribution in [2.45, 2.75) is 75.0 Å². The van der Waals surface area contributed by atoms with Crippen LogP contribution < -0.4 is 0 Å². The number of sulfone groups is 2. The van der Waals surface area contributed by atoms with Gasteiger partial charge >= 0.3 is 0 Å². The molecule has 4 nitrogen and oxygen atoms in total. The van der Waals surface area contributed by atoms with Crippen molar-refractivity contribution in [3.63, 3.8) is 0 Å². The molecule has 0 fully saturated rings. The summed E-state index contributed by atoms with van der Waals surface area (Å²) in [5.74, 6) is 0.389. The van der Waals surface area contributed by atoms with Gasteiger partial charge in [0, 0.05) is 0 Å². The second-order valence-corrected chi connectivity index (χ2v) is 13.6. The van der Waals surface area contributed by atoms with Crippen molar-refractivity contribution in [3.05, 3.63) is 72.8 Å². The molecule has 3 aromatic rings. The average Bonchev–Trinajstić information content (AvgIpc) is 2.89. The zero-order valence-electron chi connectivity index (χ0n) is 21.4. The minimum atomic E-state index is -3.25. The molecule has 0 heterocycles. The molecule has 0 aromatic heterocycles. The van der Waals surface area contributed by atoms with Crippen LogP contribution in [0.3, 0.4) is 0 Å². The molecule has 0 atom stereocenters. The normalized spacial score (nSPS) is 12.1. The maximum Gasteiger partial charge on any atom is 0.178 e. The van der Waals surface area contributed by atoms with E-state index >= 15 is 0 Å². The molecule has 0 unspecified atom stereocenters. The van der Waals surface area contributed by atoms with Crippen LogP contribution in [0.2, 0.25) is 0 Å². The molecule has 0 amide bonds. The van der Waals surface area contributed by atoms with Crippen LogP contribution in [0.5, 0.6) is 0 Å². The maximum atomic E-state index is 12.6. The van der Waals surface area contributed by atoms with Crippen LogP contribution in [0.25, 0.3) is 22.3 Å². The first-order chi connectivity index (χ1) is 17.3. The molecule has 0 N–H and O–H groups in total. The molecule has 0 spiro atoms. The van der Waals surface area contributed by atoms with Gasteiger partial charge in [0.15, 0.2) is 19.7 Å². The van der Waals surface area contributed by atoms with Crippen molar-refractivity contribution in [1.82, 2.24) is 0 Å². The van der Waals surface area contributed by atoms with Crippen molar-refractivity contribution in [3.8, 4) is 22.3 Å². The van der Waals surface area contributed by atoms with Gasteiger partial charge in [-0.15, -0.1) is 0 Å². The molecule has 3 rings (SSSR count). The fraction of sp³-hybridized carbons (Fsp3) is 0.400. The Hall–Kier alpha value is -2.44. The van der Waals surface area contributed by atoms with E-state index in [4.69, 9.17) is 0 Å². The number of rotatable bonds is 14. The summed E-state index contributed by atoms with van der Waals surface area (Å²) in [6.45, 7) is 4.22. The van der Waals surface area contributed by atoms with Crippen molar-refractivity contribution in [2.24, 2.45) is 0 Å². The van der Waals surface area contributed by atoms with E-state index in [2.05, 4.69) is 13.8 Å². The van der Waals surface area contributed by atoms with E-state index < -0.39 is 19.7 Å². The van der Waals surface area contributed by atoms with E-state index in [1.165, 1.54) is 0 Å². The molecule has 6 heteroatoms. The van der Waals surface area contributed by atoms with E-state index in [9.17, 15) is 16.8 Å². The molecule has 0 aliphatic heterocycles. The van der Waals surface area contributed by atoms with Crippen LogP contribution in [0.15, 0.2) is 82.6 Å².